The number of halogens is 3. The summed E-state index contributed by atoms with van der Waals surface area (Å²) in [5, 5.41) is 19.0. The first kappa shape index (κ1) is 22.0. The Bertz CT molecular complexity index is 723. The molecular weight excluding hydrogens is 402 g/mol. The molecule has 1 saturated carbocycles. The molecule has 0 aromatic heterocycles. The molecule has 29 heavy (non-hydrogen) atoms. The average molecular weight is 429 g/mol. The van der Waals surface area contributed by atoms with Crippen molar-refractivity contribution in [1.29, 1.82) is 5.41 Å². The van der Waals surface area contributed by atoms with Gasteiger partial charge < -0.3 is 14.7 Å². The van der Waals surface area contributed by atoms with E-state index in [0.717, 1.165) is 25.9 Å². The van der Waals surface area contributed by atoms with Gasteiger partial charge in [0.05, 0.1) is 12.9 Å². The minimum absolute atomic E-state index is 0.0450. The van der Waals surface area contributed by atoms with E-state index in [-0.39, 0.29) is 25.0 Å². The number of hydrogen-bond donors (Lipinski definition) is 2. The van der Waals surface area contributed by atoms with Crippen LogP contribution in [-0.2, 0) is 15.1 Å². The predicted octanol–water partition coefficient (Wildman–Crippen LogP) is 4.22. The maximum absolute atomic E-state index is 13.8. The van der Waals surface area contributed by atoms with Crippen LogP contribution in [0.15, 0.2) is 24.3 Å². The quantitative estimate of drug-likeness (QED) is 0.387. The van der Waals surface area contributed by atoms with Gasteiger partial charge in [-0.2, -0.15) is 0 Å². The molecule has 0 radical (unpaired) electrons. The van der Waals surface area contributed by atoms with Crippen molar-refractivity contribution in [3.8, 4) is 0 Å². The fourth-order valence-corrected chi connectivity index (χ4v) is 4.46. The van der Waals surface area contributed by atoms with Crippen molar-refractivity contribution < 1.29 is 23.4 Å². The number of carbonyl (C=O) groups excluding carboxylic acids is 1. The summed E-state index contributed by atoms with van der Waals surface area (Å²) < 4.78 is 33.0. The lowest BCUT2D eigenvalue weighted by molar-refractivity contribution is -0.175. The van der Waals surface area contributed by atoms with E-state index in [1.807, 2.05) is 4.90 Å². The number of rotatable bonds is 7. The van der Waals surface area contributed by atoms with Crippen molar-refractivity contribution in [2.45, 2.75) is 50.0 Å². The number of hydrogen-bond acceptors (Lipinski definition) is 4. The number of esters is 1. The van der Waals surface area contributed by atoms with E-state index in [4.69, 9.17) is 21.7 Å². The number of nitrogens with zero attached hydrogens (tertiary/aromatic N) is 1. The smallest absolute Gasteiger partial charge is 0.343 e. The van der Waals surface area contributed by atoms with Gasteiger partial charge in [0, 0.05) is 36.9 Å². The molecule has 1 aromatic rings. The van der Waals surface area contributed by atoms with Crippen LogP contribution in [0, 0.1) is 17.2 Å². The van der Waals surface area contributed by atoms with Gasteiger partial charge in [-0.15, -0.1) is 0 Å². The molecule has 1 aromatic carbocycles. The molecule has 0 bridgehead atoms. The Kier molecular flexibility index (Phi) is 6.79. The molecule has 1 saturated heterocycles. The van der Waals surface area contributed by atoms with E-state index < -0.39 is 29.8 Å². The molecule has 0 amide bonds. The number of piperidine rings is 1. The molecule has 2 aliphatic rings. The van der Waals surface area contributed by atoms with Crippen LogP contribution in [0.3, 0.4) is 0 Å². The molecule has 5 nitrogen and oxygen atoms in total. The van der Waals surface area contributed by atoms with Gasteiger partial charge in [-0.25, -0.2) is 13.6 Å². The first-order valence-corrected chi connectivity index (χ1v) is 10.4. The van der Waals surface area contributed by atoms with Crippen molar-refractivity contribution in [2.24, 2.45) is 11.8 Å². The molecule has 1 aliphatic heterocycles. The number of benzene rings is 1. The van der Waals surface area contributed by atoms with E-state index in [2.05, 4.69) is 0 Å². The Morgan fingerprint density at radius 3 is 2.52 bits per heavy atom. The zero-order chi connectivity index (χ0) is 21.1. The largest absolute Gasteiger partial charge is 0.463 e. The Morgan fingerprint density at radius 1 is 1.31 bits per heavy atom. The molecule has 8 heteroatoms. The lowest BCUT2D eigenvalue weighted by atomic mass is 9.80. The average Bonchev–Trinajstić information content (AvgIpc) is 3.08. The van der Waals surface area contributed by atoms with E-state index in [0.29, 0.717) is 17.4 Å². The lowest BCUT2D eigenvalue weighted by Crippen LogP contribution is -2.44. The van der Waals surface area contributed by atoms with Crippen LogP contribution >= 0.6 is 11.6 Å². The van der Waals surface area contributed by atoms with Crippen LogP contribution in [0.1, 0.15) is 44.1 Å². The van der Waals surface area contributed by atoms with Crippen molar-refractivity contribution in [1.82, 2.24) is 4.90 Å². The summed E-state index contributed by atoms with van der Waals surface area (Å²) in [5.74, 6) is -4.31. The minimum atomic E-state index is -2.89. The normalized spacial score (nSPS) is 24.1. The molecule has 0 unspecified atom stereocenters. The van der Waals surface area contributed by atoms with Crippen LogP contribution < -0.4 is 0 Å². The fraction of sp³-hybridized carbons (Fsp3) is 0.619. The van der Waals surface area contributed by atoms with Crippen molar-refractivity contribution in [2.75, 3.05) is 19.7 Å². The molecule has 2 N–H and O–H groups in total. The van der Waals surface area contributed by atoms with Crippen LogP contribution in [-0.4, -0.2) is 47.9 Å². The second-order valence-corrected chi connectivity index (χ2v) is 8.54. The number of alkyl halides is 2. The third-order valence-electron chi connectivity index (χ3n) is 6.18. The maximum Gasteiger partial charge on any atom is 0.343 e. The lowest BCUT2D eigenvalue weighted by Gasteiger charge is -2.33. The number of carbonyl (C=O) groups is 1. The highest BCUT2D eigenvalue weighted by Gasteiger charge is 2.54. The highest BCUT2D eigenvalue weighted by molar-refractivity contribution is 6.30. The highest BCUT2D eigenvalue weighted by atomic mass is 35.5. The summed E-state index contributed by atoms with van der Waals surface area (Å²) in [6.45, 7) is 1.73. The standard InChI is InChI=1S/C21H27ClF2N2O3/c22-18-3-1-16(2-4-18)21(28,17-5-9-20(23,24)13-17)19(27)29-12-8-15-6-10-26(14-25)11-7-15/h1-4,14-15,17,25,28H,5-13H2/t17-,21+/m1/s1. The van der Waals surface area contributed by atoms with Gasteiger partial charge in [0.2, 0.25) is 5.92 Å². The highest BCUT2D eigenvalue weighted by Crippen LogP contribution is 2.48. The fourth-order valence-electron chi connectivity index (χ4n) is 4.33. The molecule has 2 atom stereocenters. The first-order valence-electron chi connectivity index (χ1n) is 10.0. The van der Waals surface area contributed by atoms with Crippen LogP contribution in [0.2, 0.25) is 5.02 Å². The Labute approximate surface area is 174 Å². The Hall–Kier alpha value is -1.73. The van der Waals surface area contributed by atoms with Crippen molar-refractivity contribution in [3.05, 3.63) is 34.9 Å². The Balaban J connectivity index is 1.66. The van der Waals surface area contributed by atoms with Crippen molar-refractivity contribution >= 4 is 23.9 Å². The maximum atomic E-state index is 13.8. The molecule has 1 heterocycles. The zero-order valence-electron chi connectivity index (χ0n) is 16.3. The van der Waals surface area contributed by atoms with Gasteiger partial charge in [-0.05, 0) is 49.3 Å². The van der Waals surface area contributed by atoms with E-state index in [9.17, 15) is 18.7 Å². The summed E-state index contributed by atoms with van der Waals surface area (Å²) in [6, 6.07) is 6.04. The van der Waals surface area contributed by atoms with Gasteiger partial charge in [0.1, 0.15) is 0 Å². The number of likely N-dealkylation sites (tertiary alicyclic amines) is 1. The molecule has 3 rings (SSSR count). The van der Waals surface area contributed by atoms with Crippen molar-refractivity contribution in [3.63, 3.8) is 0 Å². The Morgan fingerprint density at radius 2 is 1.97 bits per heavy atom. The van der Waals surface area contributed by atoms with Gasteiger partial charge >= 0.3 is 5.97 Å². The first-order chi connectivity index (χ1) is 13.7. The predicted molar refractivity (Wildman–Crippen MR) is 106 cm³/mol. The third-order valence-corrected chi connectivity index (χ3v) is 6.43. The van der Waals surface area contributed by atoms with Gasteiger partial charge in [-0.3, -0.25) is 5.41 Å². The van der Waals surface area contributed by atoms with Crippen LogP contribution in [0.25, 0.3) is 0 Å². The zero-order valence-corrected chi connectivity index (χ0v) is 17.0. The summed E-state index contributed by atoms with van der Waals surface area (Å²) in [7, 11) is 0. The number of nitrogens with one attached hydrogen (secondary N) is 1. The molecule has 0 spiro atoms. The van der Waals surface area contributed by atoms with Gasteiger partial charge in [-0.1, -0.05) is 23.7 Å². The minimum Gasteiger partial charge on any atom is -0.463 e. The summed E-state index contributed by atoms with van der Waals surface area (Å²) in [6.07, 6.45) is 2.93. The van der Waals surface area contributed by atoms with Crippen LogP contribution in [0.4, 0.5) is 8.78 Å². The monoisotopic (exact) mass is 428 g/mol. The van der Waals surface area contributed by atoms with Gasteiger partial charge in [0.15, 0.2) is 5.60 Å². The number of aliphatic hydroxyl groups is 1. The summed E-state index contributed by atoms with van der Waals surface area (Å²) in [5.41, 5.74) is -1.89. The van der Waals surface area contributed by atoms with E-state index >= 15 is 0 Å². The SMILES string of the molecule is N=CN1CCC(CCOC(=O)[C@](O)(c2ccc(Cl)cc2)[C@@H]2CCC(F)(F)C2)CC1. The third kappa shape index (κ3) is 5.07. The molecule has 1 aliphatic carbocycles. The second kappa shape index (κ2) is 8.96. The van der Waals surface area contributed by atoms with E-state index in [1.54, 1.807) is 0 Å². The number of ether oxygens (including phenoxy) is 1. The molecule has 160 valence electrons. The topological polar surface area (TPSA) is 73.6 Å². The second-order valence-electron chi connectivity index (χ2n) is 8.10. The van der Waals surface area contributed by atoms with Crippen LogP contribution in [0.5, 0.6) is 0 Å². The molecule has 2 fully saturated rings. The summed E-state index contributed by atoms with van der Waals surface area (Å²) >= 11 is 5.90. The summed E-state index contributed by atoms with van der Waals surface area (Å²) in [4.78, 5) is 14.8. The van der Waals surface area contributed by atoms with E-state index in [1.165, 1.54) is 30.6 Å². The van der Waals surface area contributed by atoms with Gasteiger partial charge in [0.25, 0.3) is 0 Å². The molecular formula is C21H27ClF2N2O3.